The Balaban J connectivity index is 2.16. The molecule has 2 aromatic rings. The van der Waals surface area contributed by atoms with Crippen molar-refractivity contribution in [2.24, 2.45) is 0 Å². The Labute approximate surface area is 109 Å². The Morgan fingerprint density at radius 3 is 2.47 bits per heavy atom. The molecule has 3 rings (SSSR count). The largest absolute Gasteiger partial charge is 0.467 e. The van der Waals surface area contributed by atoms with Crippen molar-refractivity contribution in [3.63, 3.8) is 0 Å². The number of hydrogen-bond acceptors (Lipinski definition) is 4. The highest BCUT2D eigenvalue weighted by Crippen LogP contribution is 2.35. The van der Waals surface area contributed by atoms with Crippen molar-refractivity contribution in [3.05, 3.63) is 59.8 Å². The summed E-state index contributed by atoms with van der Waals surface area (Å²) in [7, 11) is -3.84. The minimum absolute atomic E-state index is 0.144. The van der Waals surface area contributed by atoms with Crippen LogP contribution < -0.4 is 4.72 Å². The van der Waals surface area contributed by atoms with Gasteiger partial charge in [-0.05, 0) is 29.8 Å². The second-order valence-electron chi connectivity index (χ2n) is 4.21. The summed E-state index contributed by atoms with van der Waals surface area (Å²) in [5.74, 6) is -0.0136. The van der Waals surface area contributed by atoms with Crippen LogP contribution in [-0.2, 0) is 20.0 Å². The number of hydrogen-bond donors (Lipinski definition) is 1. The van der Waals surface area contributed by atoms with Crippen LogP contribution in [0.1, 0.15) is 11.3 Å². The summed E-state index contributed by atoms with van der Waals surface area (Å²) in [5, 5.41) is 0. The van der Waals surface area contributed by atoms with E-state index in [0.717, 1.165) is 0 Å². The molecule has 2 heterocycles. The standard InChI is InChI=1S/C12H10FNO4S/c13-10-5-3-9(4-6-10)12(11-2-1-7-17-11)8-18-19(15,16)14-12/h1-7,14H,8H2. The van der Waals surface area contributed by atoms with Gasteiger partial charge in [-0.2, -0.15) is 13.1 Å². The van der Waals surface area contributed by atoms with E-state index in [1.165, 1.54) is 30.5 Å². The third kappa shape index (κ3) is 2.05. The van der Waals surface area contributed by atoms with E-state index in [-0.39, 0.29) is 6.61 Å². The molecule has 1 atom stereocenters. The predicted octanol–water partition coefficient (Wildman–Crippen LogP) is 1.53. The van der Waals surface area contributed by atoms with Gasteiger partial charge in [-0.1, -0.05) is 12.1 Å². The van der Waals surface area contributed by atoms with Crippen molar-refractivity contribution in [2.45, 2.75) is 5.54 Å². The lowest BCUT2D eigenvalue weighted by Crippen LogP contribution is -2.41. The van der Waals surface area contributed by atoms with Gasteiger partial charge in [0.25, 0.3) is 0 Å². The Morgan fingerprint density at radius 2 is 1.95 bits per heavy atom. The van der Waals surface area contributed by atoms with Crippen LogP contribution in [-0.4, -0.2) is 15.0 Å². The fraction of sp³-hybridized carbons (Fsp3) is 0.167. The number of rotatable bonds is 2. The maximum Gasteiger partial charge on any atom is 0.337 e. The third-order valence-electron chi connectivity index (χ3n) is 3.01. The van der Waals surface area contributed by atoms with Crippen LogP contribution in [0, 0.1) is 5.82 Å². The molecular formula is C12H10FNO4S. The van der Waals surface area contributed by atoms with Crippen LogP contribution in [0.5, 0.6) is 0 Å². The second-order valence-corrected chi connectivity index (χ2v) is 5.56. The van der Waals surface area contributed by atoms with Crippen molar-refractivity contribution < 1.29 is 21.4 Å². The molecular weight excluding hydrogens is 273 g/mol. The molecule has 5 nitrogen and oxygen atoms in total. The Kier molecular flexibility index (Phi) is 2.70. The smallest absolute Gasteiger partial charge is 0.337 e. The molecule has 100 valence electrons. The van der Waals surface area contributed by atoms with Crippen LogP contribution in [0.4, 0.5) is 4.39 Å². The molecule has 19 heavy (non-hydrogen) atoms. The molecule has 0 saturated carbocycles. The maximum atomic E-state index is 13.0. The summed E-state index contributed by atoms with van der Waals surface area (Å²) in [6, 6.07) is 8.79. The van der Waals surface area contributed by atoms with Gasteiger partial charge in [-0.3, -0.25) is 4.18 Å². The number of benzene rings is 1. The van der Waals surface area contributed by atoms with Crippen LogP contribution >= 0.6 is 0 Å². The first-order valence-corrected chi connectivity index (χ1v) is 6.91. The first kappa shape index (κ1) is 12.3. The summed E-state index contributed by atoms with van der Waals surface area (Å²) in [6.07, 6.45) is 1.44. The van der Waals surface area contributed by atoms with Gasteiger partial charge in [0.1, 0.15) is 17.1 Å². The van der Waals surface area contributed by atoms with E-state index in [2.05, 4.69) is 4.72 Å². The van der Waals surface area contributed by atoms with E-state index in [4.69, 9.17) is 8.60 Å². The molecule has 1 aromatic heterocycles. The van der Waals surface area contributed by atoms with E-state index in [1.807, 2.05) is 0 Å². The van der Waals surface area contributed by atoms with Crippen molar-refractivity contribution in [2.75, 3.05) is 6.61 Å². The molecule has 0 aliphatic carbocycles. The third-order valence-corrected chi connectivity index (χ3v) is 4.04. The molecule has 7 heteroatoms. The highest BCUT2D eigenvalue weighted by molar-refractivity contribution is 7.85. The highest BCUT2D eigenvalue weighted by Gasteiger charge is 2.47. The van der Waals surface area contributed by atoms with Crippen molar-refractivity contribution in [1.82, 2.24) is 4.72 Å². The summed E-state index contributed by atoms with van der Waals surface area (Å²) in [4.78, 5) is 0. The Hall–Kier alpha value is -1.70. The lowest BCUT2D eigenvalue weighted by molar-refractivity contribution is 0.271. The van der Waals surface area contributed by atoms with Gasteiger partial charge in [0.2, 0.25) is 0 Å². The van der Waals surface area contributed by atoms with Gasteiger partial charge in [0, 0.05) is 0 Å². The van der Waals surface area contributed by atoms with Crippen molar-refractivity contribution >= 4 is 10.3 Å². The zero-order valence-electron chi connectivity index (χ0n) is 9.67. The Bertz CT molecular complexity index is 681. The average molecular weight is 283 g/mol. The number of halogens is 1. The minimum atomic E-state index is -3.84. The van der Waals surface area contributed by atoms with Crippen LogP contribution in [0.15, 0.2) is 47.1 Å². The van der Waals surface area contributed by atoms with E-state index in [1.54, 1.807) is 12.1 Å². The fourth-order valence-electron chi connectivity index (χ4n) is 2.10. The molecule has 1 unspecified atom stereocenters. The van der Waals surface area contributed by atoms with E-state index >= 15 is 0 Å². The predicted molar refractivity (Wildman–Crippen MR) is 63.9 cm³/mol. The molecule has 1 aliphatic rings. The van der Waals surface area contributed by atoms with Gasteiger partial charge in [0.15, 0.2) is 0 Å². The van der Waals surface area contributed by atoms with Gasteiger partial charge >= 0.3 is 10.3 Å². The van der Waals surface area contributed by atoms with Gasteiger partial charge in [-0.15, -0.1) is 0 Å². The maximum absolute atomic E-state index is 13.0. The van der Waals surface area contributed by atoms with E-state index in [9.17, 15) is 12.8 Å². The van der Waals surface area contributed by atoms with E-state index in [0.29, 0.717) is 11.3 Å². The summed E-state index contributed by atoms with van der Waals surface area (Å²) in [6.45, 7) is -0.144. The molecule has 0 amide bonds. The van der Waals surface area contributed by atoms with Gasteiger partial charge < -0.3 is 4.42 Å². The van der Waals surface area contributed by atoms with Crippen LogP contribution in [0.3, 0.4) is 0 Å². The summed E-state index contributed by atoms with van der Waals surface area (Å²) in [5.41, 5.74) is -0.610. The molecule has 1 aliphatic heterocycles. The Morgan fingerprint density at radius 1 is 1.21 bits per heavy atom. The van der Waals surface area contributed by atoms with Crippen LogP contribution in [0.25, 0.3) is 0 Å². The zero-order valence-corrected chi connectivity index (χ0v) is 10.5. The first-order chi connectivity index (χ1) is 9.02. The average Bonchev–Trinajstić information content (AvgIpc) is 2.98. The molecule has 1 fully saturated rings. The number of furan rings is 1. The van der Waals surface area contributed by atoms with Crippen molar-refractivity contribution in [1.29, 1.82) is 0 Å². The SMILES string of the molecule is O=S1(=O)NC(c2ccc(F)cc2)(c2ccco2)CO1. The quantitative estimate of drug-likeness (QED) is 0.907. The van der Waals surface area contributed by atoms with E-state index < -0.39 is 21.7 Å². The van der Waals surface area contributed by atoms with Crippen molar-refractivity contribution in [3.8, 4) is 0 Å². The highest BCUT2D eigenvalue weighted by atomic mass is 32.2. The van der Waals surface area contributed by atoms with Gasteiger partial charge in [0.05, 0.1) is 12.9 Å². The number of nitrogens with one attached hydrogen (secondary N) is 1. The lowest BCUT2D eigenvalue weighted by atomic mass is 9.89. The molecule has 0 bridgehead atoms. The normalized spacial score (nSPS) is 25.5. The summed E-state index contributed by atoms with van der Waals surface area (Å²) < 4.78 is 48.6. The second kappa shape index (κ2) is 4.16. The zero-order chi connectivity index (χ0) is 13.5. The molecule has 0 spiro atoms. The molecule has 1 N–H and O–H groups in total. The monoisotopic (exact) mass is 283 g/mol. The van der Waals surface area contributed by atoms with Gasteiger partial charge in [-0.25, -0.2) is 4.39 Å². The minimum Gasteiger partial charge on any atom is -0.467 e. The van der Waals surface area contributed by atoms with Crippen LogP contribution in [0.2, 0.25) is 0 Å². The topological polar surface area (TPSA) is 68.5 Å². The summed E-state index contributed by atoms with van der Waals surface area (Å²) >= 11 is 0. The molecule has 0 radical (unpaired) electrons. The molecule has 1 aromatic carbocycles. The molecule has 1 saturated heterocycles. The first-order valence-electron chi connectivity index (χ1n) is 5.50. The lowest BCUT2D eigenvalue weighted by Gasteiger charge is -2.24. The fourth-order valence-corrected chi connectivity index (χ4v) is 3.20.